The van der Waals surface area contributed by atoms with E-state index in [4.69, 9.17) is 0 Å². The topological polar surface area (TPSA) is 85.8 Å². The lowest BCUT2D eigenvalue weighted by molar-refractivity contribution is 0.162. The number of hydrogen-bond donors (Lipinski definition) is 2. The van der Waals surface area contributed by atoms with Gasteiger partial charge in [-0.1, -0.05) is 54.6 Å². The van der Waals surface area contributed by atoms with Gasteiger partial charge in [0.25, 0.3) is 0 Å². The molecule has 7 nitrogen and oxygen atoms in total. The first-order valence-corrected chi connectivity index (χ1v) is 14.9. The fourth-order valence-corrected chi connectivity index (χ4v) is 6.92. The number of piperidine rings is 1. The van der Waals surface area contributed by atoms with Crippen molar-refractivity contribution in [3.8, 4) is 5.75 Å². The van der Waals surface area contributed by atoms with E-state index in [-0.39, 0.29) is 11.8 Å². The van der Waals surface area contributed by atoms with Crippen molar-refractivity contribution in [2.45, 2.75) is 42.8 Å². The zero-order chi connectivity index (χ0) is 27.2. The predicted octanol–water partition coefficient (Wildman–Crippen LogP) is 4.43. The van der Waals surface area contributed by atoms with Gasteiger partial charge in [0.15, 0.2) is 0 Å². The normalized spacial score (nSPS) is 16.1. The van der Waals surface area contributed by atoms with Crippen LogP contribution in [-0.4, -0.2) is 66.5 Å². The van der Waals surface area contributed by atoms with Gasteiger partial charge in [0.05, 0.1) is 4.90 Å². The lowest BCUT2D eigenvalue weighted by Crippen LogP contribution is -2.50. The Morgan fingerprint density at radius 3 is 2.46 bits per heavy atom. The van der Waals surface area contributed by atoms with Crippen LogP contribution in [-0.2, 0) is 23.0 Å². The minimum Gasteiger partial charge on any atom is -0.508 e. The molecule has 39 heavy (non-hydrogen) atoms. The lowest BCUT2D eigenvalue weighted by atomic mass is 10.0. The van der Waals surface area contributed by atoms with E-state index in [2.05, 4.69) is 39.5 Å². The number of nitrogens with one attached hydrogen (secondary N) is 1. The van der Waals surface area contributed by atoms with E-state index in [9.17, 15) is 13.5 Å². The molecule has 204 valence electrons. The molecular formula is C31H36N4O3S. The predicted molar refractivity (Wildman–Crippen MR) is 155 cm³/mol. The molecule has 5 rings (SSSR count). The van der Waals surface area contributed by atoms with Crippen LogP contribution in [0.1, 0.15) is 24.0 Å². The van der Waals surface area contributed by atoms with Gasteiger partial charge in [-0.15, -0.1) is 0 Å². The van der Waals surface area contributed by atoms with E-state index in [1.54, 1.807) is 49.8 Å². The number of aromatic hydroxyl groups is 1. The molecule has 8 heteroatoms. The average molecular weight is 545 g/mol. The third-order valence-corrected chi connectivity index (χ3v) is 9.68. The summed E-state index contributed by atoms with van der Waals surface area (Å²) >= 11 is 0. The molecule has 0 amide bonds. The van der Waals surface area contributed by atoms with Crippen molar-refractivity contribution in [2.24, 2.45) is 0 Å². The number of fused-ring (bicyclic) bond motifs is 1. The van der Waals surface area contributed by atoms with Crippen molar-refractivity contribution < 1.29 is 13.5 Å². The molecule has 1 unspecified atom stereocenters. The molecule has 2 N–H and O–H groups in total. The summed E-state index contributed by atoms with van der Waals surface area (Å²) < 4.78 is 29.5. The molecule has 1 aromatic heterocycles. The first-order chi connectivity index (χ1) is 18.9. The van der Waals surface area contributed by atoms with Gasteiger partial charge >= 0.3 is 0 Å². The largest absolute Gasteiger partial charge is 0.508 e. The van der Waals surface area contributed by atoms with Crippen molar-refractivity contribution in [2.75, 3.05) is 26.7 Å². The van der Waals surface area contributed by atoms with E-state index in [1.807, 2.05) is 24.3 Å². The summed E-state index contributed by atoms with van der Waals surface area (Å²) in [6.07, 6.45) is 5.91. The first-order valence-electron chi connectivity index (χ1n) is 13.5. The number of phenols is 1. The number of phenolic OH excluding ortho intramolecular Hbond substituents is 1. The summed E-state index contributed by atoms with van der Waals surface area (Å²) in [6, 6.07) is 24.7. The van der Waals surface area contributed by atoms with Crippen molar-refractivity contribution in [3.63, 3.8) is 0 Å². The number of benzene rings is 3. The number of pyridine rings is 1. The zero-order valence-electron chi connectivity index (χ0n) is 22.3. The molecule has 3 aromatic carbocycles. The molecular weight excluding hydrogens is 508 g/mol. The molecule has 1 aliphatic heterocycles. The Hall–Kier alpha value is -3.30. The summed E-state index contributed by atoms with van der Waals surface area (Å²) in [5.74, 6) is 0.200. The summed E-state index contributed by atoms with van der Waals surface area (Å²) in [6.45, 7) is 3.31. The lowest BCUT2D eigenvalue weighted by Gasteiger charge is -2.37. The molecule has 0 spiro atoms. The third-order valence-electron chi connectivity index (χ3n) is 7.71. The highest BCUT2D eigenvalue weighted by atomic mass is 32.2. The number of nitrogens with zero attached hydrogens (tertiary/aromatic N) is 3. The highest BCUT2D eigenvalue weighted by molar-refractivity contribution is 7.89. The molecule has 1 atom stereocenters. The summed E-state index contributed by atoms with van der Waals surface area (Å²) in [5.41, 5.74) is 2.27. The van der Waals surface area contributed by atoms with Crippen LogP contribution in [0, 0.1) is 0 Å². The van der Waals surface area contributed by atoms with Gasteiger partial charge in [0, 0.05) is 55.4 Å². The van der Waals surface area contributed by atoms with Crippen molar-refractivity contribution in [1.82, 2.24) is 19.5 Å². The van der Waals surface area contributed by atoms with Gasteiger partial charge in [0.1, 0.15) is 5.75 Å². The van der Waals surface area contributed by atoms with Gasteiger partial charge in [-0.25, -0.2) is 8.42 Å². The monoisotopic (exact) mass is 544 g/mol. The maximum absolute atomic E-state index is 14.0. The molecule has 2 heterocycles. The van der Waals surface area contributed by atoms with Crippen LogP contribution in [0.2, 0.25) is 0 Å². The standard InChI is InChI=1S/C31H36N4O3S/c1-34(39(37,38)31-9-5-8-26-22-32-17-14-30(26)31)28(20-24-10-12-29(36)13-11-24)23-35-18-15-27(16-19-35)33-21-25-6-3-2-4-7-25/h2-14,17,22,27-28,33,36H,15-16,18-21,23H2,1H3. The van der Waals surface area contributed by atoms with Crippen LogP contribution in [0.15, 0.2) is 96.2 Å². The number of sulfonamides is 1. The smallest absolute Gasteiger partial charge is 0.243 e. The fourth-order valence-electron chi connectivity index (χ4n) is 5.36. The summed E-state index contributed by atoms with van der Waals surface area (Å²) in [4.78, 5) is 6.83. The molecule has 0 bridgehead atoms. The number of likely N-dealkylation sites (N-methyl/N-ethyl adjacent to an activating group) is 1. The quantitative estimate of drug-likeness (QED) is 0.307. The van der Waals surface area contributed by atoms with Gasteiger partial charge < -0.3 is 15.3 Å². The van der Waals surface area contributed by atoms with E-state index < -0.39 is 10.0 Å². The van der Waals surface area contributed by atoms with Crippen LogP contribution < -0.4 is 5.32 Å². The molecule has 4 aromatic rings. The highest BCUT2D eigenvalue weighted by Gasteiger charge is 2.32. The Bertz CT molecular complexity index is 1470. The summed E-state index contributed by atoms with van der Waals surface area (Å²) in [7, 11) is -2.09. The molecule has 0 saturated carbocycles. The van der Waals surface area contributed by atoms with E-state index >= 15 is 0 Å². The molecule has 0 aliphatic carbocycles. The Kier molecular flexibility index (Phi) is 8.57. The van der Waals surface area contributed by atoms with Gasteiger partial charge in [0.2, 0.25) is 10.0 Å². The highest BCUT2D eigenvalue weighted by Crippen LogP contribution is 2.27. The minimum absolute atomic E-state index is 0.200. The maximum atomic E-state index is 14.0. The second-order valence-electron chi connectivity index (χ2n) is 10.3. The third kappa shape index (κ3) is 6.65. The number of rotatable bonds is 10. The average Bonchev–Trinajstić information content (AvgIpc) is 2.97. The SMILES string of the molecule is CN(C(Cc1ccc(O)cc1)CN1CCC(NCc2ccccc2)CC1)S(=O)(=O)c1cccc2cnccc12. The second kappa shape index (κ2) is 12.3. The Labute approximate surface area is 231 Å². The second-order valence-corrected chi connectivity index (χ2v) is 12.3. The number of likely N-dealkylation sites (tertiary alicyclic amines) is 1. The van der Waals surface area contributed by atoms with Crippen LogP contribution in [0.5, 0.6) is 5.75 Å². The van der Waals surface area contributed by atoms with E-state index in [0.29, 0.717) is 29.3 Å². The molecule has 1 aliphatic rings. The fraction of sp³-hybridized carbons (Fsp3) is 0.323. The Morgan fingerprint density at radius 2 is 1.72 bits per heavy atom. The maximum Gasteiger partial charge on any atom is 0.243 e. The molecule has 1 saturated heterocycles. The van der Waals surface area contributed by atoms with Crippen LogP contribution in [0.25, 0.3) is 10.8 Å². The number of aromatic nitrogens is 1. The van der Waals surface area contributed by atoms with Crippen molar-refractivity contribution in [1.29, 1.82) is 0 Å². The van der Waals surface area contributed by atoms with Gasteiger partial charge in [-0.05, 0) is 67.7 Å². The Balaban J connectivity index is 1.31. The first kappa shape index (κ1) is 27.3. The van der Waals surface area contributed by atoms with Crippen molar-refractivity contribution >= 4 is 20.8 Å². The van der Waals surface area contributed by atoms with Crippen LogP contribution >= 0.6 is 0 Å². The molecule has 1 fully saturated rings. The van der Waals surface area contributed by atoms with Crippen LogP contribution in [0.3, 0.4) is 0 Å². The van der Waals surface area contributed by atoms with Gasteiger partial charge in [-0.3, -0.25) is 4.98 Å². The van der Waals surface area contributed by atoms with Crippen LogP contribution in [0.4, 0.5) is 0 Å². The summed E-state index contributed by atoms with van der Waals surface area (Å²) in [5, 5.41) is 14.9. The Morgan fingerprint density at radius 1 is 0.974 bits per heavy atom. The van der Waals surface area contributed by atoms with E-state index in [0.717, 1.165) is 43.4 Å². The minimum atomic E-state index is -3.78. The van der Waals surface area contributed by atoms with E-state index in [1.165, 1.54) is 9.87 Å². The zero-order valence-corrected chi connectivity index (χ0v) is 23.1. The number of hydrogen-bond acceptors (Lipinski definition) is 6. The van der Waals surface area contributed by atoms with Gasteiger partial charge in [-0.2, -0.15) is 4.31 Å². The van der Waals surface area contributed by atoms with Crippen molar-refractivity contribution in [3.05, 3.63) is 102 Å². The molecule has 0 radical (unpaired) electrons.